The van der Waals surface area contributed by atoms with Crippen molar-refractivity contribution in [3.8, 4) is 17.1 Å². The number of carboxylic acids is 1. The molecule has 2 atom stereocenters. The lowest BCUT2D eigenvalue weighted by Crippen LogP contribution is -2.29. The van der Waals surface area contributed by atoms with Crippen LogP contribution in [-0.4, -0.2) is 47.3 Å². The molecule has 1 aliphatic rings. The van der Waals surface area contributed by atoms with E-state index in [-0.39, 0.29) is 12.0 Å². The van der Waals surface area contributed by atoms with Gasteiger partial charge in [-0.3, -0.25) is 9.48 Å². The van der Waals surface area contributed by atoms with Crippen LogP contribution in [0.2, 0.25) is 0 Å². The molecule has 10 nitrogen and oxygen atoms in total. The Balaban J connectivity index is 1.50. The van der Waals surface area contributed by atoms with Crippen LogP contribution in [0, 0.1) is 18.8 Å². The van der Waals surface area contributed by atoms with E-state index in [1.165, 1.54) is 0 Å². The number of carbonyl (C=O) groups is 1. The van der Waals surface area contributed by atoms with Gasteiger partial charge in [-0.05, 0) is 50.7 Å². The summed E-state index contributed by atoms with van der Waals surface area (Å²) in [5.74, 6) is 1.21. The van der Waals surface area contributed by atoms with Crippen LogP contribution in [0.15, 0.2) is 16.7 Å². The van der Waals surface area contributed by atoms with Gasteiger partial charge in [-0.25, -0.2) is 4.98 Å². The number of rotatable bonds is 8. The molecule has 1 aliphatic carbocycles. The van der Waals surface area contributed by atoms with E-state index < -0.39 is 5.97 Å². The third-order valence-corrected chi connectivity index (χ3v) is 5.91. The quantitative estimate of drug-likeness (QED) is 0.544. The van der Waals surface area contributed by atoms with Crippen molar-refractivity contribution in [2.75, 3.05) is 0 Å². The van der Waals surface area contributed by atoms with Gasteiger partial charge in [0, 0.05) is 13.5 Å². The van der Waals surface area contributed by atoms with Crippen LogP contribution in [0.1, 0.15) is 62.6 Å². The molecule has 1 fully saturated rings. The second-order valence-electron chi connectivity index (χ2n) is 9.11. The number of pyridine rings is 1. The predicted molar refractivity (Wildman–Crippen MR) is 119 cm³/mol. The van der Waals surface area contributed by atoms with Gasteiger partial charge in [0.05, 0.1) is 35.5 Å². The zero-order chi connectivity index (χ0) is 23.5. The van der Waals surface area contributed by atoms with E-state index in [9.17, 15) is 9.90 Å². The van der Waals surface area contributed by atoms with Crippen molar-refractivity contribution in [1.82, 2.24) is 30.1 Å². The van der Waals surface area contributed by atoms with Crippen molar-refractivity contribution in [2.24, 2.45) is 18.9 Å². The highest BCUT2D eigenvalue weighted by atomic mass is 16.5. The molecule has 0 bridgehead atoms. The Morgan fingerprint density at radius 1 is 1.30 bits per heavy atom. The number of aryl methyl sites for hydroxylation is 2. The highest BCUT2D eigenvalue weighted by molar-refractivity contribution is 5.70. The average Bonchev–Trinajstić information content (AvgIpc) is 3.36. The lowest BCUT2D eigenvalue weighted by atomic mass is 9.87. The average molecular weight is 455 g/mol. The molecule has 3 heterocycles. The van der Waals surface area contributed by atoms with Crippen molar-refractivity contribution in [1.29, 1.82) is 0 Å². The number of carboxylic acid groups (broad SMARTS) is 1. The Morgan fingerprint density at radius 2 is 2.12 bits per heavy atom. The third-order valence-electron chi connectivity index (χ3n) is 5.91. The van der Waals surface area contributed by atoms with E-state index in [0.29, 0.717) is 54.0 Å². The van der Waals surface area contributed by atoms with E-state index in [0.717, 1.165) is 30.7 Å². The number of aliphatic carboxylic acids is 1. The maximum atomic E-state index is 11.3. The second kappa shape index (κ2) is 9.68. The van der Waals surface area contributed by atoms with Gasteiger partial charge in [-0.2, -0.15) is 4.98 Å². The Bertz CT molecular complexity index is 1120. The highest BCUT2D eigenvalue weighted by Crippen LogP contribution is 2.30. The van der Waals surface area contributed by atoms with Crippen molar-refractivity contribution in [2.45, 2.75) is 65.4 Å². The summed E-state index contributed by atoms with van der Waals surface area (Å²) < 4.78 is 13.2. The van der Waals surface area contributed by atoms with Gasteiger partial charge in [0.2, 0.25) is 5.89 Å². The molecule has 0 aromatic carbocycles. The van der Waals surface area contributed by atoms with E-state index in [1.807, 2.05) is 26.1 Å². The summed E-state index contributed by atoms with van der Waals surface area (Å²) in [5.41, 5.74) is 2.90. The van der Waals surface area contributed by atoms with Crippen LogP contribution in [0.3, 0.4) is 0 Å². The number of hydrogen-bond acceptors (Lipinski definition) is 8. The van der Waals surface area contributed by atoms with E-state index in [1.54, 1.807) is 4.68 Å². The van der Waals surface area contributed by atoms with E-state index in [4.69, 9.17) is 14.2 Å². The molecular formula is C23H30N6O4. The fourth-order valence-corrected chi connectivity index (χ4v) is 4.18. The Labute approximate surface area is 192 Å². The van der Waals surface area contributed by atoms with Crippen molar-refractivity contribution in [3.05, 3.63) is 35.2 Å². The lowest BCUT2D eigenvalue weighted by molar-refractivity contribution is -0.143. The monoisotopic (exact) mass is 454 g/mol. The zero-order valence-electron chi connectivity index (χ0n) is 19.5. The first-order valence-corrected chi connectivity index (χ1v) is 11.4. The molecule has 1 N–H and O–H groups in total. The van der Waals surface area contributed by atoms with Crippen molar-refractivity contribution < 1.29 is 19.2 Å². The standard InChI is InChI=1S/C23H30N6O4/c1-13(2)10-21-25-20(27-33-21)12-18-22(26-28-29(18)4)17-8-9-19(14(3)24-17)32-16-7-5-6-15(11-16)23(30)31/h8-9,13,15-16H,5-7,10-12H2,1-4H3,(H,30,31)/t15-,16-/m0/s1. The molecule has 0 amide bonds. The maximum absolute atomic E-state index is 11.3. The molecule has 4 rings (SSSR count). The number of ether oxygens (including phenoxy) is 1. The molecule has 0 aliphatic heterocycles. The highest BCUT2D eigenvalue weighted by Gasteiger charge is 2.28. The molecule has 10 heteroatoms. The number of aromatic nitrogens is 6. The minimum Gasteiger partial charge on any atom is -0.489 e. The van der Waals surface area contributed by atoms with Crippen molar-refractivity contribution >= 4 is 5.97 Å². The van der Waals surface area contributed by atoms with Crippen LogP contribution < -0.4 is 4.74 Å². The minimum atomic E-state index is -0.749. The number of hydrogen-bond donors (Lipinski definition) is 1. The molecular weight excluding hydrogens is 424 g/mol. The van der Waals surface area contributed by atoms with Gasteiger partial charge < -0.3 is 14.4 Å². The molecule has 176 valence electrons. The first-order valence-electron chi connectivity index (χ1n) is 11.4. The zero-order valence-corrected chi connectivity index (χ0v) is 19.5. The Kier molecular flexibility index (Phi) is 6.71. The lowest BCUT2D eigenvalue weighted by Gasteiger charge is -2.27. The summed E-state index contributed by atoms with van der Waals surface area (Å²) in [7, 11) is 1.83. The van der Waals surface area contributed by atoms with Gasteiger partial charge in [0.1, 0.15) is 11.4 Å². The normalized spacial score (nSPS) is 18.6. The summed E-state index contributed by atoms with van der Waals surface area (Å²) in [6.45, 7) is 6.09. The fraction of sp³-hybridized carbons (Fsp3) is 0.565. The first-order chi connectivity index (χ1) is 15.8. The molecule has 3 aromatic rings. The summed E-state index contributed by atoms with van der Waals surface area (Å²) in [6.07, 6.45) is 3.98. The van der Waals surface area contributed by atoms with E-state index >= 15 is 0 Å². The van der Waals surface area contributed by atoms with E-state index in [2.05, 4.69) is 34.3 Å². The summed E-state index contributed by atoms with van der Waals surface area (Å²) >= 11 is 0. The first kappa shape index (κ1) is 22.9. The van der Waals surface area contributed by atoms with Crippen LogP contribution >= 0.6 is 0 Å². The largest absolute Gasteiger partial charge is 0.489 e. The second-order valence-corrected chi connectivity index (χ2v) is 9.11. The molecule has 3 aromatic heterocycles. The van der Waals surface area contributed by atoms with Gasteiger partial charge in [0.25, 0.3) is 0 Å². The molecule has 1 saturated carbocycles. The third kappa shape index (κ3) is 5.37. The summed E-state index contributed by atoms with van der Waals surface area (Å²) in [4.78, 5) is 20.5. The molecule has 0 spiro atoms. The van der Waals surface area contributed by atoms with Gasteiger partial charge in [-0.15, -0.1) is 5.10 Å². The smallest absolute Gasteiger partial charge is 0.306 e. The predicted octanol–water partition coefficient (Wildman–Crippen LogP) is 3.38. The molecule has 0 saturated heterocycles. The van der Waals surface area contributed by atoms with Crippen LogP contribution in [0.5, 0.6) is 5.75 Å². The molecule has 0 unspecified atom stereocenters. The maximum Gasteiger partial charge on any atom is 0.306 e. The fourth-order valence-electron chi connectivity index (χ4n) is 4.18. The van der Waals surface area contributed by atoms with Crippen molar-refractivity contribution in [3.63, 3.8) is 0 Å². The summed E-state index contributed by atoms with van der Waals surface area (Å²) in [5, 5.41) is 21.9. The van der Waals surface area contributed by atoms with Crippen LogP contribution in [0.4, 0.5) is 0 Å². The molecule has 33 heavy (non-hydrogen) atoms. The number of nitrogens with zero attached hydrogens (tertiary/aromatic N) is 6. The Hall–Kier alpha value is -3.30. The van der Waals surface area contributed by atoms with Crippen LogP contribution in [0.25, 0.3) is 11.4 Å². The molecule has 0 radical (unpaired) electrons. The van der Waals surface area contributed by atoms with Crippen LogP contribution in [-0.2, 0) is 24.7 Å². The van der Waals surface area contributed by atoms with Gasteiger partial charge in [0.15, 0.2) is 5.82 Å². The topological polar surface area (TPSA) is 129 Å². The minimum absolute atomic E-state index is 0.114. The summed E-state index contributed by atoms with van der Waals surface area (Å²) in [6, 6.07) is 3.73. The van der Waals surface area contributed by atoms with Gasteiger partial charge >= 0.3 is 5.97 Å². The van der Waals surface area contributed by atoms with Gasteiger partial charge in [-0.1, -0.05) is 24.2 Å². The Morgan fingerprint density at radius 3 is 2.85 bits per heavy atom. The SMILES string of the molecule is Cc1nc(-c2nnn(C)c2Cc2noc(CC(C)C)n2)ccc1O[C@H]1CCC[C@H](C(=O)O)C1.